The van der Waals surface area contributed by atoms with E-state index >= 15 is 0 Å². The number of nitrogens with zero attached hydrogens (tertiary/aromatic N) is 4. The second kappa shape index (κ2) is 9.38. The van der Waals surface area contributed by atoms with Crippen LogP contribution in [0.25, 0.3) is 11.0 Å². The van der Waals surface area contributed by atoms with Gasteiger partial charge in [0.1, 0.15) is 12.4 Å². The first kappa shape index (κ1) is 20.0. The molecule has 2 aromatic rings. The number of halogens is 1. The highest BCUT2D eigenvalue weighted by Crippen LogP contribution is 2.18. The number of rotatable bonds is 5. The quantitative estimate of drug-likeness (QED) is 0.426. The number of hydrogen-bond donors (Lipinski definition) is 1. The molecule has 0 bridgehead atoms. The van der Waals surface area contributed by atoms with Gasteiger partial charge in [-0.3, -0.25) is 0 Å². The first-order chi connectivity index (χ1) is 11.7. The first-order valence-electron chi connectivity index (χ1n) is 8.65. The molecule has 0 radical (unpaired) electrons. The molecule has 138 valence electrons. The lowest BCUT2D eigenvalue weighted by Crippen LogP contribution is -2.40. The number of benzene rings is 1. The fourth-order valence-corrected chi connectivity index (χ4v) is 3.31. The number of guanidine groups is 1. The van der Waals surface area contributed by atoms with Crippen LogP contribution in [-0.4, -0.2) is 53.8 Å². The second-order valence-electron chi connectivity index (χ2n) is 6.30. The zero-order valence-electron chi connectivity index (χ0n) is 15.2. The van der Waals surface area contributed by atoms with Crippen LogP contribution in [-0.2, 0) is 18.3 Å². The van der Waals surface area contributed by atoms with Gasteiger partial charge in [0.15, 0.2) is 5.96 Å². The molecule has 1 unspecified atom stereocenters. The van der Waals surface area contributed by atoms with E-state index < -0.39 is 0 Å². The van der Waals surface area contributed by atoms with Gasteiger partial charge in [-0.25, -0.2) is 9.98 Å². The molecular weight excluding hydrogens is 429 g/mol. The number of imidazole rings is 1. The van der Waals surface area contributed by atoms with Gasteiger partial charge in [-0.15, -0.1) is 24.0 Å². The van der Waals surface area contributed by atoms with E-state index in [9.17, 15) is 0 Å². The van der Waals surface area contributed by atoms with Crippen LogP contribution < -0.4 is 5.32 Å². The molecule has 7 heteroatoms. The fourth-order valence-electron chi connectivity index (χ4n) is 3.31. The van der Waals surface area contributed by atoms with Crippen molar-refractivity contribution in [1.82, 2.24) is 19.8 Å². The van der Waals surface area contributed by atoms with Gasteiger partial charge in [0, 0.05) is 39.7 Å². The van der Waals surface area contributed by atoms with Gasteiger partial charge in [0.25, 0.3) is 0 Å². The normalized spacial score (nSPS) is 17.8. The molecule has 1 aromatic heterocycles. The number of aryl methyl sites for hydroxylation is 1. The van der Waals surface area contributed by atoms with Crippen LogP contribution in [0, 0.1) is 5.92 Å². The molecule has 1 aromatic carbocycles. The third-order valence-electron chi connectivity index (χ3n) is 4.57. The largest absolute Gasteiger partial charge is 0.384 e. The lowest BCUT2D eigenvalue weighted by atomic mass is 10.1. The van der Waals surface area contributed by atoms with Gasteiger partial charge < -0.3 is 19.5 Å². The van der Waals surface area contributed by atoms with Gasteiger partial charge in [0.2, 0.25) is 0 Å². The summed E-state index contributed by atoms with van der Waals surface area (Å²) in [7, 11) is 3.82. The topological polar surface area (TPSA) is 54.7 Å². The summed E-state index contributed by atoms with van der Waals surface area (Å²) >= 11 is 0. The Balaban J connectivity index is 0.00000225. The van der Waals surface area contributed by atoms with E-state index in [4.69, 9.17) is 14.7 Å². The van der Waals surface area contributed by atoms with Crippen molar-refractivity contribution in [3.63, 3.8) is 0 Å². The Bertz CT molecular complexity index is 715. The molecule has 2 heterocycles. The highest BCUT2D eigenvalue weighted by atomic mass is 127. The zero-order chi connectivity index (χ0) is 16.9. The van der Waals surface area contributed by atoms with Crippen LogP contribution in [0.1, 0.15) is 19.2 Å². The Morgan fingerprint density at radius 1 is 1.40 bits per heavy atom. The van der Waals surface area contributed by atoms with Crippen LogP contribution in [0.15, 0.2) is 29.3 Å². The van der Waals surface area contributed by atoms with E-state index in [1.165, 1.54) is 0 Å². The molecule has 1 saturated heterocycles. The molecular formula is C18H28IN5O. The molecule has 1 aliphatic rings. The minimum absolute atomic E-state index is 0. The zero-order valence-corrected chi connectivity index (χ0v) is 17.6. The Hall–Kier alpha value is -1.35. The summed E-state index contributed by atoms with van der Waals surface area (Å²) in [5.41, 5.74) is 2.17. The summed E-state index contributed by atoms with van der Waals surface area (Å²) in [5, 5.41) is 3.41. The number of likely N-dealkylation sites (tertiary alicyclic amines) is 1. The number of methoxy groups -OCH3 is 1. The van der Waals surface area contributed by atoms with E-state index in [2.05, 4.69) is 34.8 Å². The Morgan fingerprint density at radius 2 is 2.20 bits per heavy atom. The monoisotopic (exact) mass is 457 g/mol. The molecule has 0 amide bonds. The third kappa shape index (κ3) is 4.63. The highest BCUT2D eigenvalue weighted by Gasteiger charge is 2.24. The standard InChI is InChI=1S/C18H27N5O.HI/c1-4-19-18(23-10-9-14(12-23)13-24-3)20-11-17-21-15-7-5-6-8-16(15)22(17)2;/h5-8,14H,4,9-13H2,1-3H3,(H,19,20);1H. The Morgan fingerprint density at radius 3 is 2.92 bits per heavy atom. The molecule has 1 fully saturated rings. The molecule has 6 nitrogen and oxygen atoms in total. The maximum atomic E-state index is 5.29. The average Bonchev–Trinajstić information content (AvgIpc) is 3.17. The summed E-state index contributed by atoms with van der Waals surface area (Å²) in [6, 6.07) is 8.20. The molecule has 1 aliphatic heterocycles. The SMILES string of the molecule is CCNC(=NCc1nc2ccccc2n1C)N1CCC(COC)C1.I. The van der Waals surface area contributed by atoms with Crippen LogP contribution >= 0.6 is 24.0 Å². The molecule has 1 N–H and O–H groups in total. The van der Waals surface area contributed by atoms with Gasteiger partial charge in [-0.1, -0.05) is 12.1 Å². The van der Waals surface area contributed by atoms with Gasteiger partial charge >= 0.3 is 0 Å². The van der Waals surface area contributed by atoms with Crippen molar-refractivity contribution in [3.05, 3.63) is 30.1 Å². The lowest BCUT2D eigenvalue weighted by molar-refractivity contribution is 0.157. The average molecular weight is 457 g/mol. The molecule has 3 rings (SSSR count). The van der Waals surface area contributed by atoms with Crippen molar-refractivity contribution in [2.75, 3.05) is 33.4 Å². The Labute approximate surface area is 166 Å². The molecule has 0 saturated carbocycles. The van der Waals surface area contributed by atoms with Gasteiger partial charge in [-0.2, -0.15) is 0 Å². The molecule has 0 aliphatic carbocycles. The smallest absolute Gasteiger partial charge is 0.194 e. The number of aromatic nitrogens is 2. The van der Waals surface area contributed by atoms with Crippen molar-refractivity contribution in [3.8, 4) is 0 Å². The number of nitrogens with one attached hydrogen (secondary N) is 1. The maximum Gasteiger partial charge on any atom is 0.194 e. The minimum atomic E-state index is 0. The summed E-state index contributed by atoms with van der Waals surface area (Å²) < 4.78 is 7.42. The minimum Gasteiger partial charge on any atom is -0.384 e. The number of aliphatic imine (C=N–C) groups is 1. The Kier molecular flexibility index (Phi) is 7.49. The number of ether oxygens (including phenoxy) is 1. The summed E-state index contributed by atoms with van der Waals surface area (Å²) in [6.07, 6.45) is 1.16. The first-order valence-corrected chi connectivity index (χ1v) is 8.65. The van der Waals surface area contributed by atoms with Gasteiger partial charge in [0.05, 0.1) is 17.6 Å². The number of fused-ring (bicyclic) bond motifs is 1. The van der Waals surface area contributed by atoms with Crippen molar-refractivity contribution in [2.45, 2.75) is 19.9 Å². The summed E-state index contributed by atoms with van der Waals surface area (Å²) in [5.74, 6) is 2.55. The fraction of sp³-hybridized carbons (Fsp3) is 0.556. The third-order valence-corrected chi connectivity index (χ3v) is 4.57. The molecule has 25 heavy (non-hydrogen) atoms. The van der Waals surface area contributed by atoms with Crippen molar-refractivity contribution < 1.29 is 4.74 Å². The predicted molar refractivity (Wildman–Crippen MR) is 113 cm³/mol. The van der Waals surface area contributed by atoms with Crippen LogP contribution in [0.5, 0.6) is 0 Å². The number of hydrogen-bond acceptors (Lipinski definition) is 3. The predicted octanol–water partition coefficient (Wildman–Crippen LogP) is 2.63. The van der Waals surface area contributed by atoms with Crippen molar-refractivity contribution >= 4 is 41.0 Å². The molecule has 1 atom stereocenters. The summed E-state index contributed by atoms with van der Waals surface area (Å²) in [6.45, 7) is 6.41. The van der Waals surface area contributed by atoms with Crippen LogP contribution in [0.2, 0.25) is 0 Å². The van der Waals surface area contributed by atoms with Crippen molar-refractivity contribution in [2.24, 2.45) is 18.0 Å². The highest BCUT2D eigenvalue weighted by molar-refractivity contribution is 14.0. The van der Waals surface area contributed by atoms with Crippen LogP contribution in [0.4, 0.5) is 0 Å². The molecule has 0 spiro atoms. The summed E-state index contributed by atoms with van der Waals surface area (Å²) in [4.78, 5) is 11.9. The van der Waals surface area contributed by atoms with Gasteiger partial charge in [-0.05, 0) is 25.5 Å². The van der Waals surface area contributed by atoms with E-state index in [1.807, 2.05) is 18.2 Å². The van der Waals surface area contributed by atoms with Crippen LogP contribution in [0.3, 0.4) is 0 Å². The van der Waals surface area contributed by atoms with E-state index in [0.717, 1.165) is 55.5 Å². The van der Waals surface area contributed by atoms with E-state index in [-0.39, 0.29) is 24.0 Å². The lowest BCUT2D eigenvalue weighted by Gasteiger charge is -2.21. The number of para-hydroxylation sites is 2. The van der Waals surface area contributed by atoms with Crippen molar-refractivity contribution in [1.29, 1.82) is 0 Å². The second-order valence-corrected chi connectivity index (χ2v) is 6.30. The van der Waals surface area contributed by atoms with E-state index in [1.54, 1.807) is 7.11 Å². The van der Waals surface area contributed by atoms with E-state index in [0.29, 0.717) is 12.5 Å². The maximum absolute atomic E-state index is 5.29.